The van der Waals surface area contributed by atoms with Gasteiger partial charge in [0.25, 0.3) is 5.91 Å². The van der Waals surface area contributed by atoms with Crippen molar-refractivity contribution in [3.05, 3.63) is 64.5 Å². The van der Waals surface area contributed by atoms with Gasteiger partial charge in [0.05, 0.1) is 5.39 Å². The van der Waals surface area contributed by atoms with Gasteiger partial charge < -0.3 is 4.42 Å². The number of aryl methyl sites for hydroxylation is 1. The Labute approximate surface area is 119 Å². The average Bonchev–Trinajstić information content (AvgIpc) is 2.49. The molecule has 3 aromatic rings. The van der Waals surface area contributed by atoms with Crippen LogP contribution in [0.2, 0.25) is 0 Å². The number of rotatable bonds is 2. The number of nitrogens with one attached hydrogen (secondary N) is 1. The number of aromatic nitrogens is 2. The Morgan fingerprint density at radius 3 is 2.71 bits per heavy atom. The van der Waals surface area contributed by atoms with E-state index >= 15 is 0 Å². The zero-order valence-electron chi connectivity index (χ0n) is 11.2. The van der Waals surface area contributed by atoms with Gasteiger partial charge in [0.2, 0.25) is 5.95 Å². The van der Waals surface area contributed by atoms with Gasteiger partial charge in [-0.15, -0.1) is 0 Å². The summed E-state index contributed by atoms with van der Waals surface area (Å²) in [6.45, 7) is 1.88. The predicted octanol–water partition coefficient (Wildman–Crippen LogP) is 2.14. The van der Waals surface area contributed by atoms with Crippen LogP contribution in [0.3, 0.4) is 0 Å². The Morgan fingerprint density at radius 1 is 1.19 bits per heavy atom. The Bertz CT molecular complexity index is 872. The number of benzene rings is 1. The van der Waals surface area contributed by atoms with Crippen molar-refractivity contribution in [3.63, 3.8) is 0 Å². The summed E-state index contributed by atoms with van der Waals surface area (Å²) in [5.41, 5.74) is 0.403. The number of fused-ring (bicyclic) bond motifs is 1. The molecule has 6 nitrogen and oxygen atoms in total. The fraction of sp³-hybridized carbons (Fsp3) is 0.0667. The summed E-state index contributed by atoms with van der Waals surface area (Å²) < 4.78 is 5.06. The second-order valence-corrected chi connectivity index (χ2v) is 4.52. The number of carbonyl (C=O) groups excluding carboxylic acids is 1. The van der Waals surface area contributed by atoms with Crippen molar-refractivity contribution >= 4 is 22.6 Å². The SMILES string of the molecule is Cc1ccc2cc(C(=O)Nc3ncccn3)oc(=O)c2c1. The quantitative estimate of drug-likeness (QED) is 0.777. The average molecular weight is 281 g/mol. The molecule has 2 aromatic heterocycles. The van der Waals surface area contributed by atoms with Gasteiger partial charge in [0, 0.05) is 12.4 Å². The van der Waals surface area contributed by atoms with Crippen molar-refractivity contribution in [2.75, 3.05) is 5.32 Å². The molecule has 0 fully saturated rings. The van der Waals surface area contributed by atoms with E-state index in [1.807, 2.05) is 13.0 Å². The fourth-order valence-corrected chi connectivity index (χ4v) is 1.94. The normalized spacial score (nSPS) is 10.5. The summed E-state index contributed by atoms with van der Waals surface area (Å²) in [7, 11) is 0. The van der Waals surface area contributed by atoms with E-state index in [0.717, 1.165) is 5.56 Å². The summed E-state index contributed by atoms with van der Waals surface area (Å²) in [6, 6.07) is 8.52. The molecule has 0 aliphatic rings. The van der Waals surface area contributed by atoms with Crippen molar-refractivity contribution in [2.24, 2.45) is 0 Å². The van der Waals surface area contributed by atoms with Gasteiger partial charge in [-0.05, 0) is 30.5 Å². The number of carbonyl (C=O) groups is 1. The molecule has 6 heteroatoms. The van der Waals surface area contributed by atoms with Crippen LogP contribution in [-0.2, 0) is 0 Å². The van der Waals surface area contributed by atoms with Gasteiger partial charge >= 0.3 is 5.63 Å². The van der Waals surface area contributed by atoms with Gasteiger partial charge in [0.1, 0.15) is 0 Å². The number of nitrogens with zero attached hydrogens (tertiary/aromatic N) is 2. The molecular weight excluding hydrogens is 270 g/mol. The van der Waals surface area contributed by atoms with Crippen LogP contribution < -0.4 is 10.9 Å². The monoisotopic (exact) mass is 281 g/mol. The molecule has 1 N–H and O–H groups in total. The molecule has 0 aliphatic carbocycles. The Kier molecular flexibility index (Phi) is 3.19. The van der Waals surface area contributed by atoms with E-state index in [9.17, 15) is 9.59 Å². The number of hydrogen-bond donors (Lipinski definition) is 1. The lowest BCUT2D eigenvalue weighted by Crippen LogP contribution is -2.16. The molecule has 1 amide bonds. The summed E-state index contributed by atoms with van der Waals surface area (Å²) in [6.07, 6.45) is 3.00. The molecule has 0 aliphatic heterocycles. The first-order chi connectivity index (χ1) is 10.1. The van der Waals surface area contributed by atoms with Gasteiger partial charge in [0.15, 0.2) is 5.76 Å². The Hall–Kier alpha value is -3.02. The second-order valence-electron chi connectivity index (χ2n) is 4.52. The van der Waals surface area contributed by atoms with Crippen LogP contribution >= 0.6 is 0 Å². The molecule has 3 rings (SSSR count). The van der Waals surface area contributed by atoms with Crippen molar-refractivity contribution in [1.29, 1.82) is 0 Å². The van der Waals surface area contributed by atoms with E-state index in [1.54, 1.807) is 18.2 Å². The highest BCUT2D eigenvalue weighted by Crippen LogP contribution is 2.14. The molecule has 0 saturated heterocycles. The summed E-state index contributed by atoms with van der Waals surface area (Å²) in [5, 5.41) is 3.56. The highest BCUT2D eigenvalue weighted by Gasteiger charge is 2.13. The third kappa shape index (κ3) is 2.64. The minimum atomic E-state index is -0.569. The van der Waals surface area contributed by atoms with Gasteiger partial charge in [-0.2, -0.15) is 0 Å². The van der Waals surface area contributed by atoms with Crippen LogP contribution in [0, 0.1) is 6.92 Å². The van der Waals surface area contributed by atoms with E-state index in [2.05, 4.69) is 15.3 Å². The largest absolute Gasteiger partial charge is 0.417 e. The Morgan fingerprint density at radius 2 is 1.95 bits per heavy atom. The lowest BCUT2D eigenvalue weighted by Gasteiger charge is -2.03. The topological polar surface area (TPSA) is 85.1 Å². The van der Waals surface area contributed by atoms with Crippen LogP contribution in [0.1, 0.15) is 16.1 Å². The molecule has 0 bridgehead atoms. The minimum absolute atomic E-state index is 0.0798. The lowest BCUT2D eigenvalue weighted by molar-refractivity contribution is 0.0992. The predicted molar refractivity (Wildman–Crippen MR) is 77.2 cm³/mol. The molecule has 104 valence electrons. The molecule has 21 heavy (non-hydrogen) atoms. The van der Waals surface area contributed by atoms with Crippen LogP contribution in [0.5, 0.6) is 0 Å². The zero-order valence-corrected chi connectivity index (χ0v) is 11.2. The van der Waals surface area contributed by atoms with Crippen molar-refractivity contribution in [2.45, 2.75) is 6.92 Å². The third-order valence-corrected chi connectivity index (χ3v) is 2.93. The molecule has 0 spiro atoms. The maximum absolute atomic E-state index is 12.1. The third-order valence-electron chi connectivity index (χ3n) is 2.93. The lowest BCUT2D eigenvalue weighted by atomic mass is 10.1. The Balaban J connectivity index is 1.99. The maximum atomic E-state index is 12.1. The summed E-state index contributed by atoms with van der Waals surface area (Å²) in [5.74, 6) is -0.501. The maximum Gasteiger partial charge on any atom is 0.344 e. The first kappa shape index (κ1) is 13.0. The van der Waals surface area contributed by atoms with E-state index in [0.29, 0.717) is 10.8 Å². The standard InChI is InChI=1S/C15H11N3O3/c1-9-3-4-10-8-12(21-14(20)11(10)7-9)13(19)18-15-16-5-2-6-17-15/h2-8H,1H3,(H,16,17,18,19). The van der Waals surface area contributed by atoms with E-state index < -0.39 is 11.5 Å². The molecular formula is C15H11N3O3. The molecule has 0 unspecified atom stereocenters. The number of amides is 1. The fourth-order valence-electron chi connectivity index (χ4n) is 1.94. The van der Waals surface area contributed by atoms with Gasteiger partial charge in [-0.25, -0.2) is 14.8 Å². The first-order valence-electron chi connectivity index (χ1n) is 6.26. The van der Waals surface area contributed by atoms with Crippen molar-refractivity contribution in [3.8, 4) is 0 Å². The van der Waals surface area contributed by atoms with E-state index in [4.69, 9.17) is 4.42 Å². The number of anilines is 1. The highest BCUT2D eigenvalue weighted by atomic mass is 16.4. The van der Waals surface area contributed by atoms with Crippen molar-refractivity contribution < 1.29 is 9.21 Å². The molecule has 0 saturated carbocycles. The summed E-state index contributed by atoms with van der Waals surface area (Å²) in [4.78, 5) is 31.7. The summed E-state index contributed by atoms with van der Waals surface area (Å²) >= 11 is 0. The smallest absolute Gasteiger partial charge is 0.344 e. The van der Waals surface area contributed by atoms with Crippen molar-refractivity contribution in [1.82, 2.24) is 9.97 Å². The highest BCUT2D eigenvalue weighted by molar-refractivity contribution is 6.03. The van der Waals surface area contributed by atoms with E-state index in [1.165, 1.54) is 18.5 Å². The molecule has 0 atom stereocenters. The number of hydrogen-bond acceptors (Lipinski definition) is 5. The van der Waals surface area contributed by atoms with Gasteiger partial charge in [-0.3, -0.25) is 10.1 Å². The van der Waals surface area contributed by atoms with Crippen LogP contribution in [-0.4, -0.2) is 15.9 Å². The molecule has 0 radical (unpaired) electrons. The second kappa shape index (κ2) is 5.16. The first-order valence-corrected chi connectivity index (χ1v) is 6.26. The van der Waals surface area contributed by atoms with Crippen LogP contribution in [0.25, 0.3) is 10.8 Å². The zero-order chi connectivity index (χ0) is 14.8. The minimum Gasteiger partial charge on any atom is -0.417 e. The van der Waals surface area contributed by atoms with E-state index in [-0.39, 0.29) is 11.7 Å². The van der Waals surface area contributed by atoms with Crippen LogP contribution in [0.4, 0.5) is 5.95 Å². The molecule has 2 heterocycles. The van der Waals surface area contributed by atoms with Gasteiger partial charge in [-0.1, -0.05) is 17.7 Å². The molecule has 1 aromatic carbocycles. The van der Waals surface area contributed by atoms with Crippen LogP contribution in [0.15, 0.2) is 51.9 Å².